The molecule has 11 nitrogen and oxygen atoms in total. The molecule has 3 aromatic carbocycles. The Kier molecular flexibility index (Phi) is 10.3. The van der Waals surface area contributed by atoms with Gasteiger partial charge in [-0.2, -0.15) is 13.5 Å². The Morgan fingerprint density at radius 2 is 1.58 bits per heavy atom. The summed E-state index contributed by atoms with van der Waals surface area (Å²) in [5.74, 6) is -1.47. The Morgan fingerprint density at radius 3 is 2.21 bits per heavy atom. The number of carbonyl (C=O) groups is 1. The molecular formula is C20H18N4NaO7S. The van der Waals surface area contributed by atoms with Crippen LogP contribution in [0.5, 0.6) is 5.75 Å². The van der Waals surface area contributed by atoms with Crippen molar-refractivity contribution in [1.29, 1.82) is 0 Å². The Bertz CT molecular complexity index is 1280. The number of carboxylic acid groups (broad SMARTS) is 1. The molecule has 0 unspecified atom stereocenters. The van der Waals surface area contributed by atoms with E-state index >= 15 is 0 Å². The van der Waals surface area contributed by atoms with E-state index in [0.717, 1.165) is 18.2 Å². The number of hydrazone groups is 1. The quantitative estimate of drug-likeness (QED) is 0.0790. The van der Waals surface area contributed by atoms with Crippen LogP contribution in [0.1, 0.15) is 15.9 Å². The van der Waals surface area contributed by atoms with Crippen molar-refractivity contribution in [2.24, 2.45) is 15.3 Å². The van der Waals surface area contributed by atoms with Crippen LogP contribution in [0.15, 0.2) is 93.0 Å². The van der Waals surface area contributed by atoms with Gasteiger partial charge in [-0.25, -0.2) is 4.79 Å². The third-order valence-electron chi connectivity index (χ3n) is 3.97. The number of aromatic hydroxyl groups is 1. The molecule has 0 fully saturated rings. The largest absolute Gasteiger partial charge is 0.506 e. The van der Waals surface area contributed by atoms with Crippen molar-refractivity contribution in [2.75, 3.05) is 5.43 Å². The van der Waals surface area contributed by atoms with Crippen LogP contribution in [0.4, 0.5) is 11.4 Å². The molecule has 0 bridgehead atoms. The van der Waals surface area contributed by atoms with E-state index in [1.54, 1.807) is 42.5 Å². The monoisotopic (exact) mass is 481 g/mol. The Morgan fingerprint density at radius 1 is 0.939 bits per heavy atom. The van der Waals surface area contributed by atoms with Gasteiger partial charge in [-0.05, 0) is 30.3 Å². The van der Waals surface area contributed by atoms with Crippen LogP contribution in [0, 0.1) is 0 Å². The van der Waals surface area contributed by atoms with Gasteiger partial charge in [-0.15, -0.1) is 10.2 Å². The van der Waals surface area contributed by atoms with Crippen molar-refractivity contribution in [1.82, 2.24) is 0 Å². The van der Waals surface area contributed by atoms with Crippen molar-refractivity contribution in [3.05, 3.63) is 83.9 Å². The fraction of sp³-hybridized carbons (Fsp3) is 0. The SMILES string of the molecule is O.O=C(O)c1ccccc1N=N/C(=N/Nc1cc(S(=O)(=O)O)ccc1O)c1ccccc1.[Na]. The summed E-state index contributed by atoms with van der Waals surface area (Å²) in [5, 5.41) is 31.3. The van der Waals surface area contributed by atoms with Gasteiger partial charge in [0.1, 0.15) is 11.4 Å². The molecular weight excluding hydrogens is 463 g/mol. The molecule has 3 aromatic rings. The molecule has 0 aromatic heterocycles. The zero-order chi connectivity index (χ0) is 22.4. The van der Waals surface area contributed by atoms with Crippen LogP contribution in [0.3, 0.4) is 0 Å². The molecule has 0 heterocycles. The smallest absolute Gasteiger partial charge is 0.337 e. The van der Waals surface area contributed by atoms with Crippen molar-refractivity contribution < 1.29 is 33.5 Å². The van der Waals surface area contributed by atoms with E-state index in [9.17, 15) is 28.0 Å². The number of azo groups is 1. The van der Waals surface area contributed by atoms with Crippen molar-refractivity contribution in [2.45, 2.75) is 4.90 Å². The van der Waals surface area contributed by atoms with E-state index in [0.29, 0.717) is 5.56 Å². The first-order valence-corrected chi connectivity index (χ1v) is 10.1. The molecule has 0 aliphatic carbocycles. The number of amidine groups is 1. The normalized spacial score (nSPS) is 11.4. The minimum Gasteiger partial charge on any atom is -0.506 e. The third kappa shape index (κ3) is 7.46. The van der Waals surface area contributed by atoms with E-state index in [1.165, 1.54) is 12.1 Å². The molecule has 0 aliphatic rings. The third-order valence-corrected chi connectivity index (χ3v) is 4.82. The standard InChI is InChI=1S/C20H16N4O6S.Na.H2O/c25-18-11-10-14(31(28,29)30)12-17(18)22-24-19(13-6-2-1-3-7-13)23-21-16-9-5-4-8-15(16)20(26)27;;/h1-12,22,25H,(H,26,27)(H,28,29,30);;1H2/b23-21?,24-19+;;. The van der Waals surface area contributed by atoms with Gasteiger partial charge >= 0.3 is 5.97 Å². The van der Waals surface area contributed by atoms with Crippen LogP contribution in [0.25, 0.3) is 0 Å². The predicted molar refractivity (Wildman–Crippen MR) is 122 cm³/mol. The summed E-state index contributed by atoms with van der Waals surface area (Å²) in [4.78, 5) is 10.9. The maximum absolute atomic E-state index is 11.4. The number of benzene rings is 3. The maximum atomic E-state index is 11.4. The van der Waals surface area contributed by atoms with Crippen LogP contribution in [-0.4, -0.2) is 70.0 Å². The molecule has 0 spiro atoms. The molecule has 0 atom stereocenters. The number of aromatic carboxylic acids is 1. The molecule has 0 amide bonds. The van der Waals surface area contributed by atoms with Gasteiger partial charge in [0, 0.05) is 35.1 Å². The number of rotatable bonds is 6. The number of carboxylic acids is 1. The second-order valence-corrected chi connectivity index (χ2v) is 7.51. The Balaban J connectivity index is 0.00000272. The van der Waals surface area contributed by atoms with E-state index in [2.05, 4.69) is 20.8 Å². The van der Waals surface area contributed by atoms with Crippen LogP contribution in [0.2, 0.25) is 0 Å². The Labute approximate surface area is 210 Å². The molecule has 1 radical (unpaired) electrons. The van der Waals surface area contributed by atoms with Crippen LogP contribution in [-0.2, 0) is 10.1 Å². The van der Waals surface area contributed by atoms with Crippen molar-refractivity contribution >= 4 is 62.9 Å². The average molecular weight is 481 g/mol. The first-order chi connectivity index (χ1) is 14.8. The zero-order valence-corrected chi connectivity index (χ0v) is 20.1. The summed E-state index contributed by atoms with van der Waals surface area (Å²) in [7, 11) is -4.49. The molecule has 33 heavy (non-hydrogen) atoms. The first kappa shape index (κ1) is 27.9. The summed E-state index contributed by atoms with van der Waals surface area (Å²) < 4.78 is 31.8. The van der Waals surface area contributed by atoms with Gasteiger partial charge in [0.05, 0.1) is 16.1 Å². The van der Waals surface area contributed by atoms with E-state index in [4.69, 9.17) is 0 Å². The molecule has 0 aliphatic heterocycles. The number of nitrogens with one attached hydrogen (secondary N) is 1. The minimum absolute atomic E-state index is 0. The molecule has 3 rings (SSSR count). The molecule has 0 saturated carbocycles. The summed E-state index contributed by atoms with van der Waals surface area (Å²) >= 11 is 0. The van der Waals surface area contributed by atoms with Gasteiger partial charge in [0.25, 0.3) is 10.1 Å². The maximum Gasteiger partial charge on any atom is 0.337 e. The van der Waals surface area contributed by atoms with Crippen LogP contribution < -0.4 is 5.43 Å². The van der Waals surface area contributed by atoms with Crippen molar-refractivity contribution in [3.63, 3.8) is 0 Å². The number of phenols is 1. The average Bonchev–Trinajstić information content (AvgIpc) is 2.75. The summed E-state index contributed by atoms with van der Waals surface area (Å²) in [6.07, 6.45) is 0. The number of phenolic OH excluding ortho intramolecular Hbond substituents is 1. The summed E-state index contributed by atoms with van der Waals surface area (Å²) in [5.41, 5.74) is 2.95. The topological polar surface area (TPSA) is 193 Å². The molecule has 0 saturated heterocycles. The van der Waals surface area contributed by atoms with Crippen molar-refractivity contribution in [3.8, 4) is 5.75 Å². The fourth-order valence-corrected chi connectivity index (χ4v) is 2.96. The second kappa shape index (κ2) is 12.2. The van der Waals surface area contributed by atoms with Gasteiger partial charge < -0.3 is 15.7 Å². The van der Waals surface area contributed by atoms with Gasteiger partial charge in [-0.3, -0.25) is 9.98 Å². The number of anilines is 1. The predicted octanol–water partition coefficient (Wildman–Crippen LogP) is 2.69. The Hall–Kier alpha value is -3.13. The molecule has 13 heteroatoms. The number of hydrogen-bond donors (Lipinski definition) is 4. The number of nitrogens with zero attached hydrogens (tertiary/aromatic N) is 3. The van der Waals surface area contributed by atoms with E-state index in [1.807, 2.05) is 0 Å². The van der Waals surface area contributed by atoms with Gasteiger partial charge in [-0.1, -0.05) is 42.5 Å². The van der Waals surface area contributed by atoms with Gasteiger partial charge in [0.15, 0.2) is 0 Å². The zero-order valence-electron chi connectivity index (χ0n) is 17.2. The van der Waals surface area contributed by atoms with E-state index < -0.39 is 21.0 Å². The van der Waals surface area contributed by atoms with Gasteiger partial charge in [0.2, 0.25) is 5.84 Å². The molecule has 6 N–H and O–H groups in total. The molecule has 167 valence electrons. The van der Waals surface area contributed by atoms with Crippen LogP contribution >= 0.6 is 0 Å². The number of hydrogen-bond acceptors (Lipinski definition) is 7. The first-order valence-electron chi connectivity index (χ1n) is 8.69. The summed E-state index contributed by atoms with van der Waals surface area (Å²) in [6, 6.07) is 17.7. The minimum atomic E-state index is -4.49. The van der Waals surface area contributed by atoms with E-state index in [-0.39, 0.29) is 63.6 Å². The second-order valence-electron chi connectivity index (χ2n) is 6.09. The fourth-order valence-electron chi connectivity index (χ4n) is 2.45. The summed E-state index contributed by atoms with van der Waals surface area (Å²) in [6.45, 7) is 0.